The van der Waals surface area contributed by atoms with Crippen molar-refractivity contribution < 1.29 is 4.74 Å². The SMILES string of the molecule is N#Cc1nccc(NC2CCN(Cc3ccc(N=C(C4=C(N)c5ccncc5OC4)c4ccccc4)cc3)CC2)n1. The van der Waals surface area contributed by atoms with Gasteiger partial charge in [0.1, 0.15) is 24.2 Å². The third-order valence-electron chi connectivity index (χ3n) is 7.38. The van der Waals surface area contributed by atoms with Crippen LogP contribution in [0.5, 0.6) is 5.75 Å². The maximum absolute atomic E-state index is 9.03. The monoisotopic (exact) mass is 542 g/mol. The number of pyridine rings is 1. The maximum Gasteiger partial charge on any atom is 0.234 e. The number of aliphatic imine (C=N–C) groups is 1. The molecule has 0 radical (unpaired) electrons. The van der Waals surface area contributed by atoms with Crippen molar-refractivity contribution >= 4 is 22.9 Å². The summed E-state index contributed by atoms with van der Waals surface area (Å²) in [5.41, 5.74) is 12.9. The highest BCUT2D eigenvalue weighted by Gasteiger charge is 2.23. The molecule has 2 aromatic heterocycles. The van der Waals surface area contributed by atoms with Crippen LogP contribution in [0.3, 0.4) is 0 Å². The minimum atomic E-state index is 0.186. The second kappa shape index (κ2) is 12.0. The van der Waals surface area contributed by atoms with Gasteiger partial charge in [0.15, 0.2) is 0 Å². The number of nitrogens with one attached hydrogen (secondary N) is 1. The Hall–Kier alpha value is -5.07. The molecule has 1 fully saturated rings. The molecule has 204 valence electrons. The average Bonchev–Trinajstić information content (AvgIpc) is 3.03. The van der Waals surface area contributed by atoms with Crippen LogP contribution >= 0.6 is 0 Å². The number of fused-ring (bicyclic) bond motifs is 1. The summed E-state index contributed by atoms with van der Waals surface area (Å²) in [4.78, 5) is 19.8. The van der Waals surface area contributed by atoms with Gasteiger partial charge in [0, 0.05) is 54.8 Å². The summed E-state index contributed by atoms with van der Waals surface area (Å²) in [7, 11) is 0. The zero-order chi connectivity index (χ0) is 28.0. The topological polar surface area (TPSA) is 125 Å². The minimum Gasteiger partial charge on any atom is -0.486 e. The molecule has 0 amide bonds. The van der Waals surface area contributed by atoms with Gasteiger partial charge in [-0.2, -0.15) is 5.26 Å². The number of ether oxygens (including phenoxy) is 1. The zero-order valence-electron chi connectivity index (χ0n) is 22.6. The van der Waals surface area contributed by atoms with E-state index in [2.05, 4.69) is 49.4 Å². The third kappa shape index (κ3) is 6.08. The molecule has 0 spiro atoms. The molecule has 4 heterocycles. The van der Waals surface area contributed by atoms with Crippen molar-refractivity contribution in [3.63, 3.8) is 0 Å². The molecule has 6 rings (SSSR count). The lowest BCUT2D eigenvalue weighted by atomic mass is 9.96. The number of rotatable bonds is 7. The molecule has 4 aromatic rings. The van der Waals surface area contributed by atoms with Crippen LogP contribution in [0.15, 0.2) is 95.9 Å². The molecule has 1 saturated heterocycles. The fourth-order valence-corrected chi connectivity index (χ4v) is 5.21. The first-order valence-corrected chi connectivity index (χ1v) is 13.7. The van der Waals surface area contributed by atoms with Crippen LogP contribution in [0.2, 0.25) is 0 Å². The number of benzene rings is 2. The van der Waals surface area contributed by atoms with Crippen molar-refractivity contribution in [3.05, 3.63) is 113 Å². The summed E-state index contributed by atoms with van der Waals surface area (Å²) in [6, 6.07) is 24.5. The fraction of sp³-hybridized carbons (Fsp3) is 0.219. The first-order valence-electron chi connectivity index (χ1n) is 13.7. The first-order chi connectivity index (χ1) is 20.2. The summed E-state index contributed by atoms with van der Waals surface area (Å²) in [5.74, 6) is 1.58. The van der Waals surface area contributed by atoms with Crippen LogP contribution in [-0.2, 0) is 6.54 Å². The molecule has 2 aliphatic rings. The summed E-state index contributed by atoms with van der Waals surface area (Å²) < 4.78 is 5.99. The van der Waals surface area contributed by atoms with Crippen molar-refractivity contribution in [1.82, 2.24) is 19.9 Å². The van der Waals surface area contributed by atoms with Crippen molar-refractivity contribution in [2.45, 2.75) is 25.4 Å². The van der Waals surface area contributed by atoms with E-state index in [1.165, 1.54) is 5.56 Å². The van der Waals surface area contributed by atoms with E-state index in [1.807, 2.05) is 48.5 Å². The van der Waals surface area contributed by atoms with Gasteiger partial charge >= 0.3 is 0 Å². The van der Waals surface area contributed by atoms with Crippen LogP contribution in [0.1, 0.15) is 35.4 Å². The van der Waals surface area contributed by atoms with Crippen molar-refractivity contribution in [3.8, 4) is 11.8 Å². The highest BCUT2D eigenvalue weighted by atomic mass is 16.5. The van der Waals surface area contributed by atoms with Gasteiger partial charge in [-0.25, -0.2) is 15.0 Å². The highest BCUT2D eigenvalue weighted by molar-refractivity contribution is 6.18. The number of aromatic nitrogens is 3. The number of anilines is 1. The Kier molecular flexibility index (Phi) is 7.65. The second-order valence-corrected chi connectivity index (χ2v) is 10.1. The molecule has 0 atom stereocenters. The normalized spacial score (nSPS) is 16.0. The molecular weight excluding hydrogens is 512 g/mol. The molecule has 2 aliphatic heterocycles. The molecule has 0 aliphatic carbocycles. The molecule has 3 N–H and O–H groups in total. The third-order valence-corrected chi connectivity index (χ3v) is 7.38. The number of nitriles is 1. The summed E-state index contributed by atoms with van der Waals surface area (Å²) in [6.07, 6.45) is 7.04. The molecule has 0 bridgehead atoms. The van der Waals surface area contributed by atoms with Gasteiger partial charge in [-0.3, -0.25) is 9.88 Å². The molecule has 0 unspecified atom stereocenters. The molecule has 0 saturated carbocycles. The average molecular weight is 543 g/mol. The Balaban J connectivity index is 1.14. The molecular formula is C32H30N8O. The largest absolute Gasteiger partial charge is 0.486 e. The Labute approximate surface area is 239 Å². The van der Waals surface area contributed by atoms with Crippen molar-refractivity contribution in [1.29, 1.82) is 5.26 Å². The molecule has 41 heavy (non-hydrogen) atoms. The Morgan fingerprint density at radius 1 is 1.05 bits per heavy atom. The Morgan fingerprint density at radius 3 is 2.63 bits per heavy atom. The van der Waals surface area contributed by atoms with E-state index >= 15 is 0 Å². The van der Waals surface area contributed by atoms with Crippen molar-refractivity contribution in [2.75, 3.05) is 25.0 Å². The van der Waals surface area contributed by atoms with Gasteiger partial charge in [-0.15, -0.1) is 0 Å². The quantitative estimate of drug-likeness (QED) is 0.322. The van der Waals surface area contributed by atoms with Gasteiger partial charge in [-0.1, -0.05) is 42.5 Å². The second-order valence-electron chi connectivity index (χ2n) is 10.1. The van der Waals surface area contributed by atoms with E-state index in [1.54, 1.807) is 18.6 Å². The Morgan fingerprint density at radius 2 is 1.85 bits per heavy atom. The van der Waals surface area contributed by atoms with Gasteiger partial charge in [-0.05, 0) is 42.7 Å². The van der Waals surface area contributed by atoms with E-state index in [9.17, 15) is 0 Å². The van der Waals surface area contributed by atoms with Crippen LogP contribution in [0.25, 0.3) is 5.70 Å². The molecule has 2 aromatic carbocycles. The zero-order valence-corrected chi connectivity index (χ0v) is 22.6. The number of nitrogens with zero attached hydrogens (tertiary/aromatic N) is 6. The summed E-state index contributed by atoms with van der Waals surface area (Å²) >= 11 is 0. The van der Waals surface area contributed by atoms with Gasteiger partial charge in [0.25, 0.3) is 0 Å². The van der Waals surface area contributed by atoms with Crippen LogP contribution < -0.4 is 15.8 Å². The minimum absolute atomic E-state index is 0.186. The lowest BCUT2D eigenvalue weighted by molar-refractivity contribution is 0.211. The number of nitrogens with two attached hydrogens (primary N) is 1. The molecule has 9 nitrogen and oxygen atoms in total. The Bertz CT molecular complexity index is 1620. The smallest absolute Gasteiger partial charge is 0.234 e. The van der Waals surface area contributed by atoms with Gasteiger partial charge < -0.3 is 15.8 Å². The van der Waals surface area contributed by atoms with Gasteiger partial charge in [0.05, 0.1) is 23.3 Å². The number of likely N-dealkylation sites (tertiary alicyclic amines) is 1. The fourth-order valence-electron chi connectivity index (χ4n) is 5.21. The number of piperidine rings is 1. The first kappa shape index (κ1) is 26.2. The van der Waals surface area contributed by atoms with E-state index < -0.39 is 0 Å². The predicted molar refractivity (Wildman–Crippen MR) is 159 cm³/mol. The standard InChI is InChI=1S/C32H30N8O/c33-18-30-36-15-11-29(39-30)37-25-12-16-40(17-13-25)20-22-6-8-24(9-7-22)38-32(23-4-2-1-3-5-23)27-21-41-28-19-35-14-10-26(28)31(27)34/h1-11,14-15,19,25H,12-13,16-17,20-21,34H2,(H,36,37,39). The molecule has 9 heteroatoms. The van der Waals surface area contributed by atoms with Gasteiger partial charge in [0.2, 0.25) is 5.82 Å². The van der Waals surface area contributed by atoms with E-state index in [4.69, 9.17) is 20.7 Å². The maximum atomic E-state index is 9.03. The summed E-state index contributed by atoms with van der Waals surface area (Å²) in [5, 5.41) is 12.5. The lowest BCUT2D eigenvalue weighted by Crippen LogP contribution is -2.38. The summed E-state index contributed by atoms with van der Waals surface area (Å²) in [6.45, 7) is 3.18. The van der Waals surface area contributed by atoms with E-state index in [0.29, 0.717) is 29.9 Å². The van der Waals surface area contributed by atoms with E-state index in [0.717, 1.165) is 60.6 Å². The number of hydrogen-bond donors (Lipinski definition) is 2. The van der Waals surface area contributed by atoms with E-state index in [-0.39, 0.29) is 5.82 Å². The lowest BCUT2D eigenvalue weighted by Gasteiger charge is -2.32. The highest BCUT2D eigenvalue weighted by Crippen LogP contribution is 2.32. The van der Waals surface area contributed by atoms with Crippen LogP contribution in [0.4, 0.5) is 11.5 Å². The van der Waals surface area contributed by atoms with Crippen molar-refractivity contribution in [2.24, 2.45) is 10.7 Å². The predicted octanol–water partition coefficient (Wildman–Crippen LogP) is 4.70. The van der Waals surface area contributed by atoms with Crippen LogP contribution in [-0.4, -0.2) is 51.3 Å². The van der Waals surface area contributed by atoms with Crippen LogP contribution in [0, 0.1) is 11.3 Å². The number of hydrogen-bond acceptors (Lipinski definition) is 9.